The van der Waals surface area contributed by atoms with Crippen molar-refractivity contribution >= 4 is 0 Å². The van der Waals surface area contributed by atoms with Crippen LogP contribution in [-0.2, 0) is 19.3 Å². The Morgan fingerprint density at radius 1 is 0.559 bits per heavy atom. The van der Waals surface area contributed by atoms with Crippen LogP contribution in [-0.4, -0.2) is 11.6 Å². The molecule has 0 radical (unpaired) electrons. The quantitative estimate of drug-likeness (QED) is 0.200. The molecule has 0 atom stereocenters. The van der Waals surface area contributed by atoms with Crippen LogP contribution >= 0.6 is 0 Å². The predicted molar refractivity (Wildman–Crippen MR) is 146 cm³/mol. The molecule has 3 rings (SSSR count). The monoisotopic (exact) mass is 457 g/mol. The number of benzene rings is 2. The first-order valence-corrected chi connectivity index (χ1v) is 13.5. The Morgan fingerprint density at radius 3 is 1.79 bits per heavy atom. The van der Waals surface area contributed by atoms with Crippen molar-refractivity contribution in [1.29, 1.82) is 0 Å². The maximum Gasteiger partial charge on any atom is 0.119 e. The van der Waals surface area contributed by atoms with Gasteiger partial charge in [-0.1, -0.05) is 101 Å². The summed E-state index contributed by atoms with van der Waals surface area (Å²) in [5.74, 6) is 0.991. The lowest BCUT2D eigenvalue weighted by Gasteiger charge is -2.08. The summed E-state index contributed by atoms with van der Waals surface area (Å²) in [4.78, 5) is 4.69. The van der Waals surface area contributed by atoms with Crippen LogP contribution in [0.3, 0.4) is 0 Å². The van der Waals surface area contributed by atoms with E-state index < -0.39 is 0 Å². The highest BCUT2D eigenvalue weighted by Gasteiger charge is 2.03. The largest absolute Gasteiger partial charge is 0.494 e. The summed E-state index contributed by atoms with van der Waals surface area (Å²) in [6, 6.07) is 21.9. The van der Waals surface area contributed by atoms with Crippen LogP contribution in [0.1, 0.15) is 88.3 Å². The second kappa shape index (κ2) is 15.3. The van der Waals surface area contributed by atoms with Crippen molar-refractivity contribution in [3.05, 3.63) is 83.6 Å². The standard InChI is InChI=1S/C32H43NO/c1-3-5-7-8-9-11-25-34-31-22-17-28(18-23-31)14-13-27-15-20-30(21-16-27)32-24-19-29(26-33-32)12-10-6-4-2/h15-24,26H,3-14,25H2,1-2H3. The highest BCUT2D eigenvalue weighted by atomic mass is 16.5. The zero-order valence-electron chi connectivity index (χ0n) is 21.4. The van der Waals surface area contributed by atoms with Gasteiger partial charge in [-0.3, -0.25) is 4.98 Å². The number of hydrogen-bond donors (Lipinski definition) is 0. The van der Waals surface area contributed by atoms with Gasteiger partial charge in [-0.05, 0) is 67.0 Å². The van der Waals surface area contributed by atoms with E-state index in [4.69, 9.17) is 9.72 Å². The highest BCUT2D eigenvalue weighted by Crippen LogP contribution is 2.20. The van der Waals surface area contributed by atoms with Gasteiger partial charge in [-0.25, -0.2) is 0 Å². The minimum Gasteiger partial charge on any atom is -0.494 e. The number of hydrogen-bond acceptors (Lipinski definition) is 2. The number of nitrogens with zero attached hydrogens (tertiary/aromatic N) is 1. The molecule has 2 heteroatoms. The minimum absolute atomic E-state index is 0.828. The van der Waals surface area contributed by atoms with E-state index >= 15 is 0 Å². The van der Waals surface area contributed by atoms with Crippen LogP contribution in [0.4, 0.5) is 0 Å². The number of unbranched alkanes of at least 4 members (excludes halogenated alkanes) is 7. The van der Waals surface area contributed by atoms with E-state index in [-0.39, 0.29) is 0 Å². The predicted octanol–water partition coefficient (Wildman–Crippen LogP) is 9.01. The van der Waals surface area contributed by atoms with Gasteiger partial charge in [-0.15, -0.1) is 0 Å². The number of ether oxygens (including phenoxy) is 1. The van der Waals surface area contributed by atoms with Crippen LogP contribution in [0.2, 0.25) is 0 Å². The van der Waals surface area contributed by atoms with Crippen LogP contribution < -0.4 is 4.74 Å². The summed E-state index contributed by atoms with van der Waals surface area (Å²) in [7, 11) is 0. The normalized spacial score (nSPS) is 11.0. The number of rotatable bonds is 16. The molecule has 0 bridgehead atoms. The van der Waals surface area contributed by atoms with Crippen molar-refractivity contribution in [3.63, 3.8) is 0 Å². The zero-order chi connectivity index (χ0) is 23.8. The van der Waals surface area contributed by atoms with Gasteiger partial charge in [-0.2, -0.15) is 0 Å². The number of aromatic nitrogens is 1. The van der Waals surface area contributed by atoms with E-state index in [1.807, 2.05) is 6.20 Å². The van der Waals surface area contributed by atoms with Gasteiger partial charge >= 0.3 is 0 Å². The molecule has 1 aromatic heterocycles. The minimum atomic E-state index is 0.828. The van der Waals surface area contributed by atoms with Crippen LogP contribution in [0.25, 0.3) is 11.3 Å². The third kappa shape index (κ3) is 9.33. The van der Waals surface area contributed by atoms with Crippen LogP contribution in [0.5, 0.6) is 5.75 Å². The highest BCUT2D eigenvalue weighted by molar-refractivity contribution is 5.59. The fourth-order valence-corrected chi connectivity index (χ4v) is 4.28. The number of pyridine rings is 1. The van der Waals surface area contributed by atoms with Gasteiger partial charge in [0.1, 0.15) is 5.75 Å². The first-order chi connectivity index (χ1) is 16.8. The van der Waals surface area contributed by atoms with Crippen molar-refractivity contribution in [2.75, 3.05) is 6.61 Å². The SMILES string of the molecule is CCCCCCCCOc1ccc(CCc2ccc(-c3ccc(CCCCC)cn3)cc2)cc1. The molecule has 0 aliphatic rings. The van der Waals surface area contributed by atoms with Crippen molar-refractivity contribution in [2.24, 2.45) is 0 Å². The molecule has 2 nitrogen and oxygen atoms in total. The molecule has 0 aliphatic heterocycles. The Morgan fingerprint density at radius 2 is 1.15 bits per heavy atom. The zero-order valence-corrected chi connectivity index (χ0v) is 21.4. The molecule has 0 amide bonds. The summed E-state index contributed by atoms with van der Waals surface area (Å²) in [5.41, 5.74) is 6.31. The third-order valence-electron chi connectivity index (χ3n) is 6.54. The molecule has 1 heterocycles. The molecule has 0 N–H and O–H groups in total. The lowest BCUT2D eigenvalue weighted by atomic mass is 10.0. The molecular weight excluding hydrogens is 414 g/mol. The molecule has 0 fully saturated rings. The molecule has 2 aromatic carbocycles. The van der Waals surface area contributed by atoms with E-state index in [2.05, 4.69) is 74.5 Å². The Balaban J connectivity index is 1.39. The first-order valence-electron chi connectivity index (χ1n) is 13.5. The molecule has 0 spiro atoms. The van der Waals surface area contributed by atoms with E-state index in [0.717, 1.165) is 43.7 Å². The van der Waals surface area contributed by atoms with Gasteiger partial charge in [0.2, 0.25) is 0 Å². The molecule has 0 unspecified atom stereocenters. The van der Waals surface area contributed by atoms with Crippen molar-refractivity contribution < 1.29 is 4.74 Å². The second-order valence-corrected chi connectivity index (χ2v) is 9.47. The van der Waals surface area contributed by atoms with Gasteiger partial charge in [0.05, 0.1) is 12.3 Å². The van der Waals surface area contributed by atoms with Crippen molar-refractivity contribution in [2.45, 2.75) is 90.9 Å². The Bertz CT molecular complexity index is 913. The molecule has 34 heavy (non-hydrogen) atoms. The maximum absolute atomic E-state index is 5.91. The summed E-state index contributed by atoms with van der Waals surface area (Å²) in [5, 5.41) is 0. The maximum atomic E-state index is 5.91. The van der Waals surface area contributed by atoms with Crippen LogP contribution in [0.15, 0.2) is 66.9 Å². The molecule has 0 saturated heterocycles. The first kappa shape index (κ1) is 26.0. The van der Waals surface area contributed by atoms with E-state index in [1.165, 1.54) is 73.6 Å². The molecular formula is C32H43NO. The molecule has 182 valence electrons. The Hall–Kier alpha value is -2.61. The van der Waals surface area contributed by atoms with Crippen LogP contribution in [0, 0.1) is 0 Å². The Kier molecular flexibility index (Phi) is 11.7. The topological polar surface area (TPSA) is 22.1 Å². The summed E-state index contributed by atoms with van der Waals surface area (Å²) < 4.78 is 5.91. The van der Waals surface area contributed by atoms with Crippen molar-refractivity contribution in [1.82, 2.24) is 4.98 Å². The molecule has 0 saturated carbocycles. The Labute approximate surface area is 207 Å². The van der Waals surface area contributed by atoms with Gasteiger partial charge in [0.15, 0.2) is 0 Å². The van der Waals surface area contributed by atoms with E-state index in [9.17, 15) is 0 Å². The molecule has 3 aromatic rings. The van der Waals surface area contributed by atoms with Crippen molar-refractivity contribution in [3.8, 4) is 17.0 Å². The van der Waals surface area contributed by atoms with Gasteiger partial charge in [0.25, 0.3) is 0 Å². The fourth-order valence-electron chi connectivity index (χ4n) is 4.28. The number of aryl methyl sites for hydroxylation is 3. The lowest BCUT2D eigenvalue weighted by molar-refractivity contribution is 0.304. The summed E-state index contributed by atoms with van der Waals surface area (Å²) >= 11 is 0. The average molecular weight is 458 g/mol. The fraction of sp³-hybridized carbons (Fsp3) is 0.469. The van der Waals surface area contributed by atoms with Gasteiger partial charge < -0.3 is 4.74 Å². The smallest absolute Gasteiger partial charge is 0.119 e. The second-order valence-electron chi connectivity index (χ2n) is 9.47. The molecule has 0 aliphatic carbocycles. The van der Waals surface area contributed by atoms with E-state index in [1.54, 1.807) is 0 Å². The summed E-state index contributed by atoms with van der Waals surface area (Å²) in [6.07, 6.45) is 16.8. The van der Waals surface area contributed by atoms with E-state index in [0.29, 0.717) is 0 Å². The van der Waals surface area contributed by atoms with Gasteiger partial charge in [0, 0.05) is 11.8 Å². The summed E-state index contributed by atoms with van der Waals surface area (Å²) in [6.45, 7) is 5.33. The third-order valence-corrected chi connectivity index (χ3v) is 6.54. The lowest BCUT2D eigenvalue weighted by Crippen LogP contribution is -1.98. The average Bonchev–Trinajstić information content (AvgIpc) is 2.88.